The van der Waals surface area contributed by atoms with E-state index in [1.54, 1.807) is 22.8 Å². The summed E-state index contributed by atoms with van der Waals surface area (Å²) in [5.74, 6) is -0.428. The Hall–Kier alpha value is -2.29. The first-order valence-corrected chi connectivity index (χ1v) is 11.8. The predicted molar refractivity (Wildman–Crippen MR) is 118 cm³/mol. The summed E-state index contributed by atoms with van der Waals surface area (Å²) < 4.78 is 7.73. The van der Waals surface area contributed by atoms with Crippen molar-refractivity contribution in [3.63, 3.8) is 0 Å². The highest BCUT2D eigenvalue weighted by Gasteiger charge is 2.34. The van der Waals surface area contributed by atoms with Crippen molar-refractivity contribution in [2.24, 2.45) is 4.99 Å². The smallest absolute Gasteiger partial charge is 0.338 e. The number of nitrogens with zero attached hydrogens (tertiary/aromatic N) is 2. The van der Waals surface area contributed by atoms with Gasteiger partial charge in [-0.15, -0.1) is 22.7 Å². The molecule has 0 unspecified atom stereocenters. The fraction of sp³-hybridized carbons (Fsp3) is 0.286. The summed E-state index contributed by atoms with van der Waals surface area (Å²) in [4.78, 5) is 33.4. The van der Waals surface area contributed by atoms with Crippen LogP contribution in [0, 0.1) is 6.92 Å². The van der Waals surface area contributed by atoms with Gasteiger partial charge in [-0.25, -0.2) is 9.79 Å². The summed E-state index contributed by atoms with van der Waals surface area (Å²) in [5, 5.41) is 3.96. The molecule has 0 saturated carbocycles. The minimum atomic E-state index is -0.524. The normalized spacial score (nSPS) is 16.9. The van der Waals surface area contributed by atoms with E-state index in [1.165, 1.54) is 22.7 Å². The van der Waals surface area contributed by atoms with E-state index in [4.69, 9.17) is 4.74 Å². The van der Waals surface area contributed by atoms with Gasteiger partial charge in [-0.1, -0.05) is 17.4 Å². The van der Waals surface area contributed by atoms with E-state index in [0.717, 1.165) is 15.3 Å². The van der Waals surface area contributed by atoms with Crippen molar-refractivity contribution in [2.75, 3.05) is 0 Å². The Balaban J connectivity index is 1.94. The second-order valence-electron chi connectivity index (χ2n) is 7.02. The first kappa shape index (κ1) is 20.0. The number of aryl methyl sites for hydroxylation is 1. The van der Waals surface area contributed by atoms with E-state index in [-0.39, 0.29) is 11.7 Å². The van der Waals surface area contributed by atoms with Gasteiger partial charge in [-0.3, -0.25) is 9.36 Å². The van der Waals surface area contributed by atoms with Gasteiger partial charge >= 0.3 is 5.97 Å². The second kappa shape index (κ2) is 7.85. The summed E-state index contributed by atoms with van der Waals surface area (Å²) in [6, 6.07) is 5.37. The van der Waals surface area contributed by atoms with Crippen molar-refractivity contribution in [3.8, 4) is 0 Å². The monoisotopic (exact) mass is 444 g/mol. The third kappa shape index (κ3) is 3.68. The molecule has 0 amide bonds. The Morgan fingerprint density at radius 1 is 1.24 bits per heavy atom. The molecule has 1 atom stereocenters. The molecule has 0 spiro atoms. The number of fused-ring (bicyclic) bond motifs is 1. The van der Waals surface area contributed by atoms with Crippen LogP contribution in [0.15, 0.2) is 50.0 Å². The minimum Gasteiger partial charge on any atom is -0.459 e. The zero-order chi connectivity index (χ0) is 20.7. The third-order valence-electron chi connectivity index (χ3n) is 4.56. The van der Waals surface area contributed by atoms with Crippen LogP contribution in [-0.2, 0) is 9.53 Å². The van der Waals surface area contributed by atoms with Crippen LogP contribution < -0.4 is 14.9 Å². The van der Waals surface area contributed by atoms with Crippen molar-refractivity contribution >= 4 is 46.1 Å². The minimum absolute atomic E-state index is 0.137. The number of thiazole rings is 1. The molecular weight excluding hydrogens is 424 g/mol. The number of rotatable bonds is 4. The Kier molecular flexibility index (Phi) is 5.42. The number of esters is 1. The van der Waals surface area contributed by atoms with Crippen molar-refractivity contribution in [3.05, 3.63) is 75.2 Å². The Morgan fingerprint density at radius 3 is 2.66 bits per heavy atom. The summed E-state index contributed by atoms with van der Waals surface area (Å²) in [6.45, 7) is 7.45. The molecule has 0 aromatic carbocycles. The number of ether oxygens (including phenoxy) is 1. The van der Waals surface area contributed by atoms with Crippen molar-refractivity contribution in [1.29, 1.82) is 0 Å². The molecule has 29 heavy (non-hydrogen) atoms. The van der Waals surface area contributed by atoms with Gasteiger partial charge in [-0.05, 0) is 62.2 Å². The lowest BCUT2D eigenvalue weighted by molar-refractivity contribution is -0.143. The standard InChI is InChI=1S/C21H20N2O3S3/c1-11(2)26-20(25)17-13(4)22-21-23(18(17)14-6-5-8-27-14)19(24)16(29-21)10-15-12(3)7-9-28-15/h5-11,18H,1-4H3/b16-10-/t18-/m0/s1. The summed E-state index contributed by atoms with van der Waals surface area (Å²) in [5.41, 5.74) is 2.01. The predicted octanol–water partition coefficient (Wildman–Crippen LogP) is 3.62. The summed E-state index contributed by atoms with van der Waals surface area (Å²) in [7, 11) is 0. The van der Waals surface area contributed by atoms with Gasteiger partial charge in [0.25, 0.3) is 5.56 Å². The van der Waals surface area contributed by atoms with Crippen LogP contribution in [0.2, 0.25) is 0 Å². The lowest BCUT2D eigenvalue weighted by Gasteiger charge is -2.24. The fourth-order valence-electron chi connectivity index (χ4n) is 3.23. The quantitative estimate of drug-likeness (QED) is 0.578. The van der Waals surface area contributed by atoms with Gasteiger partial charge in [-0.2, -0.15) is 0 Å². The van der Waals surface area contributed by atoms with E-state index >= 15 is 0 Å². The molecule has 4 rings (SSSR count). The maximum absolute atomic E-state index is 13.4. The molecule has 0 bridgehead atoms. The molecule has 0 fully saturated rings. The van der Waals surface area contributed by atoms with Crippen LogP contribution in [0.1, 0.15) is 42.1 Å². The van der Waals surface area contributed by atoms with Gasteiger partial charge in [0.05, 0.1) is 21.9 Å². The number of carbonyl (C=O) groups is 1. The van der Waals surface area contributed by atoms with Crippen LogP contribution in [-0.4, -0.2) is 16.6 Å². The SMILES string of the molecule is CC1=C(C(=O)OC(C)C)[C@H](c2cccs2)n2c(s/c(=C\c3sccc3C)c2=O)=N1. The third-order valence-corrected chi connectivity index (χ3v) is 7.43. The number of hydrogen-bond acceptors (Lipinski definition) is 7. The highest BCUT2D eigenvalue weighted by Crippen LogP contribution is 2.33. The first-order chi connectivity index (χ1) is 13.9. The van der Waals surface area contributed by atoms with Crippen LogP contribution in [0.5, 0.6) is 0 Å². The van der Waals surface area contributed by atoms with Crippen LogP contribution in [0.4, 0.5) is 0 Å². The highest BCUT2D eigenvalue weighted by molar-refractivity contribution is 7.11. The van der Waals surface area contributed by atoms with Crippen LogP contribution in [0.25, 0.3) is 6.08 Å². The van der Waals surface area contributed by atoms with E-state index in [2.05, 4.69) is 4.99 Å². The van der Waals surface area contributed by atoms with Crippen molar-refractivity contribution < 1.29 is 9.53 Å². The molecule has 3 aromatic heterocycles. The second-order valence-corrected chi connectivity index (χ2v) is 9.96. The zero-order valence-corrected chi connectivity index (χ0v) is 18.9. The average Bonchev–Trinajstić information content (AvgIpc) is 3.37. The zero-order valence-electron chi connectivity index (χ0n) is 16.5. The molecule has 1 aliphatic rings. The maximum atomic E-state index is 13.4. The lowest BCUT2D eigenvalue weighted by Crippen LogP contribution is -2.39. The number of aromatic nitrogens is 1. The molecular formula is C21H20N2O3S3. The van der Waals surface area contributed by atoms with Crippen molar-refractivity contribution in [1.82, 2.24) is 4.57 Å². The largest absolute Gasteiger partial charge is 0.459 e. The van der Waals surface area contributed by atoms with E-state index in [9.17, 15) is 9.59 Å². The topological polar surface area (TPSA) is 60.7 Å². The molecule has 0 aliphatic carbocycles. The Labute approximate surface area is 179 Å². The summed E-state index contributed by atoms with van der Waals surface area (Å²) >= 11 is 4.47. The average molecular weight is 445 g/mol. The Morgan fingerprint density at radius 2 is 2.03 bits per heavy atom. The molecule has 0 N–H and O–H groups in total. The molecule has 0 radical (unpaired) electrons. The van der Waals surface area contributed by atoms with Gasteiger partial charge in [0.1, 0.15) is 6.04 Å². The maximum Gasteiger partial charge on any atom is 0.338 e. The number of carbonyl (C=O) groups excluding carboxylic acids is 1. The fourth-order valence-corrected chi connectivity index (χ4v) is 6.01. The molecule has 0 saturated heterocycles. The van der Waals surface area contributed by atoms with Gasteiger partial charge < -0.3 is 4.74 Å². The number of allylic oxidation sites excluding steroid dienone is 1. The molecule has 8 heteroatoms. The molecule has 1 aliphatic heterocycles. The van der Waals surface area contributed by atoms with Crippen molar-refractivity contribution in [2.45, 2.75) is 39.8 Å². The van der Waals surface area contributed by atoms with E-state index < -0.39 is 12.0 Å². The molecule has 5 nitrogen and oxygen atoms in total. The van der Waals surface area contributed by atoms with Gasteiger partial charge in [0.2, 0.25) is 0 Å². The molecule has 150 valence electrons. The van der Waals surface area contributed by atoms with E-state index in [1.807, 2.05) is 55.8 Å². The van der Waals surface area contributed by atoms with Crippen LogP contribution in [0.3, 0.4) is 0 Å². The Bertz CT molecular complexity index is 1270. The first-order valence-electron chi connectivity index (χ1n) is 9.18. The highest BCUT2D eigenvalue weighted by atomic mass is 32.1. The van der Waals surface area contributed by atoms with Crippen LogP contribution >= 0.6 is 34.0 Å². The molecule has 3 aromatic rings. The summed E-state index contributed by atoms with van der Waals surface area (Å²) in [6.07, 6.45) is 1.67. The lowest BCUT2D eigenvalue weighted by atomic mass is 10.0. The van der Waals surface area contributed by atoms with Gasteiger partial charge in [0, 0.05) is 9.75 Å². The number of hydrogen-bond donors (Lipinski definition) is 0. The van der Waals surface area contributed by atoms with Gasteiger partial charge in [0.15, 0.2) is 4.80 Å². The number of thiophene rings is 2. The van der Waals surface area contributed by atoms with E-state index in [0.29, 0.717) is 20.6 Å². The molecule has 4 heterocycles.